The van der Waals surface area contributed by atoms with Crippen molar-refractivity contribution in [1.29, 1.82) is 0 Å². The van der Waals surface area contributed by atoms with E-state index in [-0.39, 0.29) is 23.2 Å². The van der Waals surface area contributed by atoms with E-state index in [1.807, 2.05) is 0 Å². The van der Waals surface area contributed by atoms with Gasteiger partial charge < -0.3 is 4.74 Å². The normalized spacial score (nSPS) is 11.7. The third kappa shape index (κ3) is 3.29. The van der Waals surface area contributed by atoms with Gasteiger partial charge in [-0.25, -0.2) is 9.37 Å². The molecule has 0 bridgehead atoms. The molecule has 112 valence electrons. The van der Waals surface area contributed by atoms with E-state index in [2.05, 4.69) is 4.98 Å². The highest BCUT2D eigenvalue weighted by Gasteiger charge is 2.36. The van der Waals surface area contributed by atoms with Gasteiger partial charge in [0.1, 0.15) is 11.4 Å². The molecule has 0 amide bonds. The van der Waals surface area contributed by atoms with Crippen LogP contribution in [0.3, 0.4) is 0 Å². The minimum atomic E-state index is -4.83. The molecule has 0 atom stereocenters. The number of aromatic nitrogens is 1. The summed E-state index contributed by atoms with van der Waals surface area (Å²) in [5.41, 5.74) is -1.47. The van der Waals surface area contributed by atoms with E-state index in [1.165, 1.54) is 0 Å². The van der Waals surface area contributed by atoms with Gasteiger partial charge >= 0.3 is 12.1 Å². The first-order valence-corrected chi connectivity index (χ1v) is 6.20. The molecule has 2 rings (SSSR count). The molecule has 0 saturated carbocycles. The van der Waals surface area contributed by atoms with E-state index < -0.39 is 23.5 Å². The molecular weight excluding hydrogens is 290 g/mol. The van der Waals surface area contributed by atoms with Crippen LogP contribution in [0.25, 0.3) is 10.9 Å². The first-order chi connectivity index (χ1) is 9.82. The highest BCUT2D eigenvalue weighted by molar-refractivity contribution is 5.84. The van der Waals surface area contributed by atoms with E-state index in [9.17, 15) is 22.4 Å². The summed E-state index contributed by atoms with van der Waals surface area (Å²) < 4.78 is 56.8. The number of pyridine rings is 1. The Morgan fingerprint density at radius 2 is 1.95 bits per heavy atom. The van der Waals surface area contributed by atoms with Crippen LogP contribution in [-0.4, -0.2) is 11.0 Å². The van der Waals surface area contributed by atoms with Gasteiger partial charge in [0, 0.05) is 17.9 Å². The minimum absolute atomic E-state index is 0.0921. The Labute approximate surface area is 117 Å². The molecule has 1 aromatic carbocycles. The SMILES string of the molecule is CCCC(=O)Oc1ccc2c(C(F)(F)F)c(F)ccc2n1. The highest BCUT2D eigenvalue weighted by Crippen LogP contribution is 2.36. The zero-order valence-electron chi connectivity index (χ0n) is 11.0. The molecule has 0 aliphatic carbocycles. The average molecular weight is 301 g/mol. The number of carbonyl (C=O) groups is 1. The Hall–Kier alpha value is -2.18. The molecule has 0 saturated heterocycles. The van der Waals surface area contributed by atoms with Gasteiger partial charge in [0.05, 0.1) is 5.52 Å². The largest absolute Gasteiger partial charge is 0.419 e. The molecule has 0 unspecified atom stereocenters. The predicted molar refractivity (Wildman–Crippen MR) is 67.2 cm³/mol. The summed E-state index contributed by atoms with van der Waals surface area (Å²) in [4.78, 5) is 15.1. The average Bonchev–Trinajstić information content (AvgIpc) is 2.37. The number of nitrogens with zero attached hydrogens (tertiary/aromatic N) is 1. The van der Waals surface area contributed by atoms with Crippen molar-refractivity contribution in [2.24, 2.45) is 0 Å². The fourth-order valence-corrected chi connectivity index (χ4v) is 1.88. The molecule has 2 aromatic rings. The number of hydrogen-bond donors (Lipinski definition) is 0. The van der Waals surface area contributed by atoms with Gasteiger partial charge in [-0.15, -0.1) is 0 Å². The highest BCUT2D eigenvalue weighted by atomic mass is 19.4. The van der Waals surface area contributed by atoms with Crippen molar-refractivity contribution in [3.8, 4) is 5.88 Å². The second-order valence-electron chi connectivity index (χ2n) is 4.36. The lowest BCUT2D eigenvalue weighted by Gasteiger charge is -2.11. The van der Waals surface area contributed by atoms with Crippen LogP contribution in [0, 0.1) is 5.82 Å². The summed E-state index contributed by atoms with van der Waals surface area (Å²) in [6, 6.07) is 3.96. The van der Waals surface area contributed by atoms with Crippen LogP contribution in [0.5, 0.6) is 5.88 Å². The van der Waals surface area contributed by atoms with Gasteiger partial charge in [0.2, 0.25) is 5.88 Å². The van der Waals surface area contributed by atoms with Gasteiger partial charge in [-0.3, -0.25) is 4.79 Å². The summed E-state index contributed by atoms with van der Waals surface area (Å²) in [7, 11) is 0. The van der Waals surface area contributed by atoms with Gasteiger partial charge in [0.25, 0.3) is 0 Å². The smallest absolute Gasteiger partial charge is 0.407 e. The summed E-state index contributed by atoms with van der Waals surface area (Å²) >= 11 is 0. The third-order valence-corrected chi connectivity index (χ3v) is 2.75. The Morgan fingerprint density at radius 3 is 2.57 bits per heavy atom. The molecule has 0 fully saturated rings. The number of ether oxygens (including phenoxy) is 1. The van der Waals surface area contributed by atoms with E-state index in [0.29, 0.717) is 12.5 Å². The second kappa shape index (κ2) is 5.67. The van der Waals surface area contributed by atoms with Crippen LogP contribution in [0.2, 0.25) is 0 Å². The van der Waals surface area contributed by atoms with Crippen molar-refractivity contribution in [1.82, 2.24) is 4.98 Å². The van der Waals surface area contributed by atoms with Crippen LogP contribution in [-0.2, 0) is 11.0 Å². The zero-order chi connectivity index (χ0) is 15.6. The molecule has 21 heavy (non-hydrogen) atoms. The lowest BCUT2D eigenvalue weighted by Crippen LogP contribution is -2.10. The number of benzene rings is 1. The molecule has 0 aliphatic rings. The number of alkyl halides is 3. The number of carbonyl (C=O) groups excluding carboxylic acids is 1. The van der Waals surface area contributed by atoms with E-state index in [1.54, 1.807) is 6.92 Å². The number of fused-ring (bicyclic) bond motifs is 1. The lowest BCUT2D eigenvalue weighted by molar-refractivity contribution is -0.138. The lowest BCUT2D eigenvalue weighted by atomic mass is 10.1. The van der Waals surface area contributed by atoms with Crippen molar-refractivity contribution in [3.05, 3.63) is 35.6 Å². The van der Waals surface area contributed by atoms with Crippen molar-refractivity contribution >= 4 is 16.9 Å². The molecule has 1 heterocycles. The summed E-state index contributed by atoms with van der Waals surface area (Å²) in [5, 5.41) is -0.377. The van der Waals surface area contributed by atoms with Crippen molar-refractivity contribution < 1.29 is 27.1 Å². The molecule has 0 N–H and O–H groups in total. The number of halogens is 4. The maximum absolute atomic E-state index is 13.4. The summed E-state index contributed by atoms with van der Waals surface area (Å²) in [6.07, 6.45) is -4.07. The first kappa shape index (κ1) is 15.2. The van der Waals surface area contributed by atoms with E-state index in [0.717, 1.165) is 18.2 Å². The number of esters is 1. The van der Waals surface area contributed by atoms with Crippen LogP contribution < -0.4 is 4.74 Å². The van der Waals surface area contributed by atoms with Crippen molar-refractivity contribution in [2.45, 2.75) is 25.9 Å². The summed E-state index contributed by atoms with van der Waals surface area (Å²) in [6.45, 7) is 1.79. The predicted octanol–water partition coefficient (Wildman–Crippen LogP) is 4.10. The van der Waals surface area contributed by atoms with E-state index >= 15 is 0 Å². The quantitative estimate of drug-likeness (QED) is 0.633. The standard InChI is InChI=1S/C14H11F4NO2/c1-2-3-12(20)21-11-7-4-8-10(19-11)6-5-9(15)13(8)14(16,17)18/h4-7H,2-3H2,1H3. The van der Waals surface area contributed by atoms with Crippen LogP contribution in [0.1, 0.15) is 25.3 Å². The number of hydrogen-bond acceptors (Lipinski definition) is 3. The maximum atomic E-state index is 13.4. The molecule has 0 spiro atoms. The number of rotatable bonds is 3. The Balaban J connectivity index is 2.46. The fourth-order valence-electron chi connectivity index (χ4n) is 1.88. The summed E-state index contributed by atoms with van der Waals surface area (Å²) in [5.74, 6) is -2.00. The molecule has 0 aliphatic heterocycles. The zero-order valence-corrected chi connectivity index (χ0v) is 11.0. The van der Waals surface area contributed by atoms with Crippen LogP contribution in [0.15, 0.2) is 24.3 Å². The van der Waals surface area contributed by atoms with Gasteiger partial charge in [0.15, 0.2) is 0 Å². The molecule has 7 heteroatoms. The van der Waals surface area contributed by atoms with Crippen molar-refractivity contribution in [3.63, 3.8) is 0 Å². The third-order valence-electron chi connectivity index (χ3n) is 2.75. The van der Waals surface area contributed by atoms with Gasteiger partial charge in [-0.1, -0.05) is 6.92 Å². The van der Waals surface area contributed by atoms with Crippen LogP contribution in [0.4, 0.5) is 17.6 Å². The molecular formula is C14H11F4NO2. The van der Waals surface area contributed by atoms with E-state index in [4.69, 9.17) is 4.74 Å². The van der Waals surface area contributed by atoms with Crippen molar-refractivity contribution in [2.75, 3.05) is 0 Å². The minimum Gasteiger partial charge on any atom is -0.407 e. The monoisotopic (exact) mass is 301 g/mol. The Bertz CT molecular complexity index is 682. The Kier molecular flexibility index (Phi) is 4.11. The maximum Gasteiger partial charge on any atom is 0.419 e. The molecule has 1 aromatic heterocycles. The van der Waals surface area contributed by atoms with Crippen LogP contribution >= 0.6 is 0 Å². The second-order valence-corrected chi connectivity index (χ2v) is 4.36. The molecule has 0 radical (unpaired) electrons. The Morgan fingerprint density at radius 1 is 1.24 bits per heavy atom. The topological polar surface area (TPSA) is 39.2 Å². The fraction of sp³-hybridized carbons (Fsp3) is 0.286. The first-order valence-electron chi connectivity index (χ1n) is 6.20. The van der Waals surface area contributed by atoms with Gasteiger partial charge in [-0.2, -0.15) is 13.2 Å². The van der Waals surface area contributed by atoms with Gasteiger partial charge in [-0.05, 0) is 24.6 Å². The molecule has 3 nitrogen and oxygen atoms in total.